The highest BCUT2D eigenvalue weighted by atomic mass is 35.5. The molecule has 1 fully saturated rings. The summed E-state index contributed by atoms with van der Waals surface area (Å²) in [4.78, 5) is 57.6. The van der Waals surface area contributed by atoms with E-state index < -0.39 is 29.2 Å². The van der Waals surface area contributed by atoms with Crippen LogP contribution in [0.5, 0.6) is 5.75 Å². The Labute approximate surface area is 256 Å². The van der Waals surface area contributed by atoms with Crippen molar-refractivity contribution >= 4 is 46.0 Å². The summed E-state index contributed by atoms with van der Waals surface area (Å²) >= 11 is 6.91. The molecule has 2 amide bonds. The summed E-state index contributed by atoms with van der Waals surface area (Å²) in [6.07, 6.45) is 2.83. The lowest BCUT2D eigenvalue weighted by atomic mass is 10.0. The first-order valence-electron chi connectivity index (χ1n) is 14.0. The molecule has 44 heavy (non-hydrogen) atoms. The first kappa shape index (κ1) is 29.2. The number of piperazine rings is 1. The van der Waals surface area contributed by atoms with Crippen molar-refractivity contribution in [1.29, 1.82) is 0 Å². The number of aromatic nitrogens is 4. The Morgan fingerprint density at radius 2 is 1.98 bits per heavy atom. The van der Waals surface area contributed by atoms with Gasteiger partial charge in [0.05, 0.1) is 39.6 Å². The first-order valence-corrected chi connectivity index (χ1v) is 14.4. The smallest absolute Gasteiger partial charge is 0.355 e. The van der Waals surface area contributed by atoms with Crippen LogP contribution in [0.25, 0.3) is 28.0 Å². The summed E-state index contributed by atoms with van der Waals surface area (Å²) in [5.41, 5.74) is 0.640. The number of carbonyl (C=O) groups is 2. The van der Waals surface area contributed by atoms with Gasteiger partial charge in [0.25, 0.3) is 0 Å². The summed E-state index contributed by atoms with van der Waals surface area (Å²) in [6.45, 7) is 11.2. The second-order valence-corrected chi connectivity index (χ2v) is 11.6. The summed E-state index contributed by atoms with van der Waals surface area (Å²) in [6, 6.07) is 4.21. The zero-order valence-electron chi connectivity index (χ0n) is 24.4. The molecule has 226 valence electrons. The molecule has 1 saturated heterocycles. The maximum absolute atomic E-state index is 15.3. The lowest BCUT2D eigenvalue weighted by Crippen LogP contribution is -2.62. The normalized spacial score (nSPS) is 17.8. The Morgan fingerprint density at radius 3 is 2.66 bits per heavy atom. The Hall–Kier alpha value is -4.84. The highest BCUT2D eigenvalue weighted by molar-refractivity contribution is 6.38. The van der Waals surface area contributed by atoms with Crippen LogP contribution in [0.2, 0.25) is 5.02 Å². The zero-order chi connectivity index (χ0) is 31.6. The minimum atomic E-state index is -0.943. The molecular weight excluding hydrogens is 589 g/mol. The number of phenols is 1. The number of rotatable bonds is 4. The van der Waals surface area contributed by atoms with Gasteiger partial charge in [-0.25, -0.2) is 18.7 Å². The second-order valence-electron chi connectivity index (χ2n) is 11.3. The van der Waals surface area contributed by atoms with Crippen molar-refractivity contribution in [3.8, 4) is 22.7 Å². The largest absolute Gasteiger partial charge is 0.507 e. The Bertz CT molecular complexity index is 1940. The Balaban J connectivity index is 1.75. The molecule has 0 saturated carbocycles. The molecule has 4 aromatic rings. The second kappa shape index (κ2) is 10.7. The van der Waals surface area contributed by atoms with Crippen molar-refractivity contribution < 1.29 is 19.1 Å². The van der Waals surface area contributed by atoms with Gasteiger partial charge >= 0.3 is 5.69 Å². The van der Waals surface area contributed by atoms with Crippen molar-refractivity contribution in [2.45, 2.75) is 45.7 Å². The van der Waals surface area contributed by atoms with Gasteiger partial charge in [0, 0.05) is 18.8 Å². The number of hydrogen-bond donors (Lipinski definition) is 2. The van der Waals surface area contributed by atoms with Crippen LogP contribution in [-0.2, 0) is 9.59 Å². The predicted molar refractivity (Wildman–Crippen MR) is 165 cm³/mol. The Morgan fingerprint density at radius 1 is 1.23 bits per heavy atom. The van der Waals surface area contributed by atoms with Gasteiger partial charge in [-0.15, -0.1) is 0 Å². The number of phenolic OH excluding ortho intramolecular Hbond substituents is 1. The third-order valence-corrected chi connectivity index (χ3v) is 8.49. The fraction of sp³-hybridized carbons (Fsp3) is 0.290. The number of aromatic hydroxyl groups is 1. The molecule has 2 aliphatic rings. The molecule has 13 heteroatoms. The monoisotopic (exact) mass is 617 g/mol. The van der Waals surface area contributed by atoms with Crippen molar-refractivity contribution in [3.05, 3.63) is 75.7 Å². The van der Waals surface area contributed by atoms with Gasteiger partial charge < -0.3 is 20.2 Å². The molecule has 0 radical (unpaired) electrons. The van der Waals surface area contributed by atoms with E-state index >= 15 is 4.39 Å². The molecule has 0 aliphatic carbocycles. The van der Waals surface area contributed by atoms with Gasteiger partial charge in [-0.05, 0) is 49.6 Å². The molecular formula is C31H29ClFN7O4. The van der Waals surface area contributed by atoms with Crippen molar-refractivity contribution in [1.82, 2.24) is 24.4 Å². The molecule has 2 unspecified atom stereocenters. The molecule has 6 rings (SSSR count). The number of pyridine rings is 2. The van der Waals surface area contributed by atoms with Gasteiger partial charge in [0.15, 0.2) is 5.65 Å². The number of halogens is 2. The molecule has 2 atom stereocenters. The lowest BCUT2D eigenvalue weighted by molar-refractivity contribution is -0.130. The predicted octanol–water partition coefficient (Wildman–Crippen LogP) is 4.32. The third kappa shape index (κ3) is 4.39. The number of nitrogens with one attached hydrogen (secondary N) is 1. The van der Waals surface area contributed by atoms with Crippen LogP contribution in [0.1, 0.15) is 37.9 Å². The van der Waals surface area contributed by atoms with E-state index in [9.17, 15) is 19.5 Å². The molecule has 0 spiro atoms. The fourth-order valence-electron chi connectivity index (χ4n) is 6.00. The molecule has 2 N–H and O–H groups in total. The minimum Gasteiger partial charge on any atom is -0.507 e. The van der Waals surface area contributed by atoms with Crippen LogP contribution in [0.15, 0.2) is 47.9 Å². The van der Waals surface area contributed by atoms with E-state index in [1.807, 2.05) is 27.7 Å². The number of fused-ring (bicyclic) bond motifs is 2. The molecule has 1 aromatic carbocycles. The summed E-state index contributed by atoms with van der Waals surface area (Å²) < 4.78 is 16.6. The van der Waals surface area contributed by atoms with Gasteiger partial charge in [-0.1, -0.05) is 38.1 Å². The van der Waals surface area contributed by atoms with Crippen LogP contribution < -0.4 is 15.9 Å². The average molecular weight is 618 g/mol. The van der Waals surface area contributed by atoms with Crippen molar-refractivity contribution in [2.75, 3.05) is 23.3 Å². The van der Waals surface area contributed by atoms with E-state index in [1.165, 1.54) is 27.7 Å². The average Bonchev–Trinajstić information content (AvgIpc) is 3.09. The number of anilines is 2. The topological polar surface area (TPSA) is 134 Å². The quantitative estimate of drug-likeness (QED) is 0.324. The number of hydrogen-bond acceptors (Lipinski definition) is 8. The van der Waals surface area contributed by atoms with Gasteiger partial charge in [0.1, 0.15) is 29.1 Å². The molecule has 5 heterocycles. The van der Waals surface area contributed by atoms with E-state index in [0.29, 0.717) is 16.9 Å². The van der Waals surface area contributed by atoms with Crippen LogP contribution in [0.3, 0.4) is 0 Å². The SMILES string of the molecule is C=CC(=O)N1CC2C(=O)Nc3c(Cl)c(-c4c(O)cccc4F)nc4c3c(nc(=O)n4-c3c(C)ccnc3C(C)C)N2CC1C. The molecule has 2 aliphatic heterocycles. The van der Waals surface area contributed by atoms with E-state index in [1.54, 1.807) is 17.2 Å². The maximum Gasteiger partial charge on any atom is 0.355 e. The van der Waals surface area contributed by atoms with E-state index in [2.05, 4.69) is 21.9 Å². The van der Waals surface area contributed by atoms with Crippen LogP contribution in [0, 0.1) is 12.7 Å². The molecule has 3 aromatic heterocycles. The van der Waals surface area contributed by atoms with Gasteiger partial charge in [0.2, 0.25) is 11.8 Å². The number of carbonyl (C=O) groups excluding carboxylic acids is 2. The van der Waals surface area contributed by atoms with Gasteiger partial charge in [-0.3, -0.25) is 14.6 Å². The molecule has 11 nitrogen and oxygen atoms in total. The van der Waals surface area contributed by atoms with Crippen LogP contribution in [-0.4, -0.2) is 66.5 Å². The molecule has 0 bridgehead atoms. The highest BCUT2D eigenvalue weighted by Gasteiger charge is 2.43. The summed E-state index contributed by atoms with van der Waals surface area (Å²) in [7, 11) is 0. The van der Waals surface area contributed by atoms with Crippen LogP contribution in [0.4, 0.5) is 15.9 Å². The number of nitrogens with zero attached hydrogens (tertiary/aromatic N) is 6. The van der Waals surface area contributed by atoms with Crippen LogP contribution >= 0.6 is 11.6 Å². The standard InChI is InChI=1S/C31H29ClFN7O4/c1-6-20(42)38-13-18-30(43)36-26-22-28(39(18)12-16(38)5)37-31(44)40(27-15(4)10-11-34-24(27)14(2)3)29(22)35-25(23(26)32)21-17(33)8-7-9-19(21)41/h6-11,14,16,18,41H,1,12-13H2,2-5H3,(H,36,43). The van der Waals surface area contributed by atoms with E-state index in [0.717, 1.165) is 6.07 Å². The number of aryl methyl sites for hydroxylation is 1. The zero-order valence-corrected chi connectivity index (χ0v) is 25.2. The first-order chi connectivity index (χ1) is 20.9. The number of amides is 2. The summed E-state index contributed by atoms with van der Waals surface area (Å²) in [5, 5.41) is 13.7. The lowest BCUT2D eigenvalue weighted by Gasteiger charge is -2.44. The minimum absolute atomic E-state index is 0.0106. The van der Waals surface area contributed by atoms with Crippen molar-refractivity contribution in [3.63, 3.8) is 0 Å². The fourth-order valence-corrected chi connectivity index (χ4v) is 6.28. The maximum atomic E-state index is 15.3. The van der Waals surface area contributed by atoms with E-state index in [4.69, 9.17) is 16.6 Å². The van der Waals surface area contributed by atoms with E-state index in [-0.39, 0.29) is 69.8 Å². The highest BCUT2D eigenvalue weighted by Crippen LogP contribution is 2.46. The third-order valence-electron chi connectivity index (χ3n) is 8.12. The van der Waals surface area contributed by atoms with Gasteiger partial charge in [-0.2, -0.15) is 4.98 Å². The Kier molecular flexibility index (Phi) is 7.11. The number of benzene rings is 1. The van der Waals surface area contributed by atoms with Crippen molar-refractivity contribution in [2.24, 2.45) is 0 Å². The summed E-state index contributed by atoms with van der Waals surface area (Å²) in [5.74, 6) is -2.06.